The van der Waals surface area contributed by atoms with Gasteiger partial charge in [-0.2, -0.15) is 0 Å². The van der Waals surface area contributed by atoms with Crippen molar-refractivity contribution < 1.29 is 18.7 Å². The number of fused-ring (bicyclic) bond motifs is 1. The summed E-state index contributed by atoms with van der Waals surface area (Å²) >= 11 is 1.68. The number of aryl methyl sites for hydroxylation is 1. The molecular weight excluding hydrogens is 477 g/mol. The van der Waals surface area contributed by atoms with Gasteiger partial charge < -0.3 is 19.9 Å². The highest BCUT2D eigenvalue weighted by Gasteiger charge is 2.35. The summed E-state index contributed by atoms with van der Waals surface area (Å²) in [5.74, 6) is 0.395. The van der Waals surface area contributed by atoms with E-state index in [1.807, 2.05) is 47.5 Å². The zero-order valence-electron chi connectivity index (χ0n) is 20.3. The van der Waals surface area contributed by atoms with Crippen molar-refractivity contribution in [3.05, 3.63) is 81.8 Å². The Morgan fingerprint density at radius 1 is 1.17 bits per heavy atom. The van der Waals surface area contributed by atoms with Crippen molar-refractivity contribution in [1.82, 2.24) is 9.80 Å². The van der Waals surface area contributed by atoms with Gasteiger partial charge in [0.2, 0.25) is 5.91 Å². The van der Waals surface area contributed by atoms with Gasteiger partial charge in [0.15, 0.2) is 0 Å². The maximum atomic E-state index is 13.6. The second-order valence-electron chi connectivity index (χ2n) is 9.54. The number of rotatable bonds is 8. The maximum Gasteiger partial charge on any atom is 0.322 e. The van der Waals surface area contributed by atoms with Gasteiger partial charge in [0, 0.05) is 29.7 Å². The molecule has 36 heavy (non-hydrogen) atoms. The van der Waals surface area contributed by atoms with Crippen LogP contribution < -0.4 is 10.1 Å². The fraction of sp³-hybridized carbons (Fsp3) is 0.357. The molecule has 3 amide bonds. The van der Waals surface area contributed by atoms with Gasteiger partial charge in [-0.05, 0) is 73.4 Å². The molecule has 1 fully saturated rings. The normalized spacial score (nSPS) is 16.8. The molecular formula is C28H30FN3O3S. The lowest BCUT2D eigenvalue weighted by Gasteiger charge is -2.37. The van der Waals surface area contributed by atoms with Crippen molar-refractivity contribution in [2.24, 2.45) is 5.92 Å². The molecule has 0 bridgehead atoms. The molecule has 6 nitrogen and oxygen atoms in total. The standard InChI is InChI=1S/C28H30FN3O3S/c1-19-5-9-22(10-6-19)30-28(34)31(16-20-7-8-20)17-27(33)32-13-11-26-24(12-14-36-26)25(32)18-35-23-4-2-3-21(29)15-23/h2-6,9-10,12,14-15,20,25H,7-8,11,13,16-18H2,1H3,(H,30,34)/t25-/m0/s1. The first kappa shape index (κ1) is 24.3. The molecule has 3 aromatic rings. The Morgan fingerprint density at radius 3 is 2.72 bits per heavy atom. The van der Waals surface area contributed by atoms with E-state index in [0.717, 1.165) is 30.4 Å². The summed E-state index contributed by atoms with van der Waals surface area (Å²) in [5.41, 5.74) is 2.89. The van der Waals surface area contributed by atoms with Crippen LogP contribution in [0.1, 0.15) is 34.9 Å². The number of halogens is 1. The highest BCUT2D eigenvalue weighted by atomic mass is 32.1. The molecule has 2 aromatic carbocycles. The fourth-order valence-electron chi connectivity index (χ4n) is 4.53. The number of nitrogens with zero attached hydrogens (tertiary/aromatic N) is 2. The van der Waals surface area contributed by atoms with Crippen LogP contribution in [0.4, 0.5) is 14.9 Å². The van der Waals surface area contributed by atoms with Crippen molar-refractivity contribution in [3.8, 4) is 5.75 Å². The van der Waals surface area contributed by atoms with Crippen molar-refractivity contribution >= 4 is 29.0 Å². The van der Waals surface area contributed by atoms with E-state index in [2.05, 4.69) is 5.32 Å². The van der Waals surface area contributed by atoms with Crippen LogP contribution in [0.5, 0.6) is 5.75 Å². The molecule has 1 N–H and O–H groups in total. The second-order valence-corrected chi connectivity index (χ2v) is 10.5. The summed E-state index contributed by atoms with van der Waals surface area (Å²) in [7, 11) is 0. The second kappa shape index (κ2) is 10.7. The predicted octanol–water partition coefficient (Wildman–Crippen LogP) is 5.64. The van der Waals surface area contributed by atoms with Gasteiger partial charge in [-0.3, -0.25) is 4.79 Å². The Balaban J connectivity index is 1.30. The quantitative estimate of drug-likeness (QED) is 0.429. The van der Waals surface area contributed by atoms with Crippen LogP contribution >= 0.6 is 11.3 Å². The number of amides is 3. The van der Waals surface area contributed by atoms with E-state index in [-0.39, 0.29) is 36.9 Å². The molecule has 0 radical (unpaired) electrons. The summed E-state index contributed by atoms with van der Waals surface area (Å²) in [4.78, 5) is 31.4. The highest BCUT2D eigenvalue weighted by Crippen LogP contribution is 2.35. The Labute approximate surface area is 214 Å². The van der Waals surface area contributed by atoms with Gasteiger partial charge in [0.25, 0.3) is 0 Å². The van der Waals surface area contributed by atoms with Crippen LogP contribution in [-0.2, 0) is 11.2 Å². The van der Waals surface area contributed by atoms with E-state index in [1.54, 1.807) is 28.4 Å². The van der Waals surface area contributed by atoms with Gasteiger partial charge in [-0.1, -0.05) is 23.8 Å². The zero-order valence-corrected chi connectivity index (χ0v) is 21.1. The average Bonchev–Trinajstić information content (AvgIpc) is 3.55. The van der Waals surface area contributed by atoms with Crippen molar-refractivity contribution in [2.75, 3.05) is 31.6 Å². The summed E-state index contributed by atoms with van der Waals surface area (Å²) in [6.45, 7) is 3.34. The number of urea groups is 1. The molecule has 0 saturated heterocycles. The van der Waals surface area contributed by atoms with Gasteiger partial charge >= 0.3 is 6.03 Å². The van der Waals surface area contributed by atoms with E-state index in [9.17, 15) is 14.0 Å². The van der Waals surface area contributed by atoms with Gasteiger partial charge in [-0.25, -0.2) is 9.18 Å². The first-order valence-corrected chi connectivity index (χ1v) is 13.2. The highest BCUT2D eigenvalue weighted by molar-refractivity contribution is 7.10. The fourth-order valence-corrected chi connectivity index (χ4v) is 5.46. The Kier molecular flexibility index (Phi) is 7.23. The van der Waals surface area contributed by atoms with E-state index in [4.69, 9.17) is 4.74 Å². The molecule has 1 aliphatic carbocycles. The summed E-state index contributed by atoms with van der Waals surface area (Å²) in [6.07, 6.45) is 2.93. The van der Waals surface area contributed by atoms with Crippen molar-refractivity contribution in [3.63, 3.8) is 0 Å². The molecule has 188 valence electrons. The van der Waals surface area contributed by atoms with Crippen molar-refractivity contribution in [1.29, 1.82) is 0 Å². The Morgan fingerprint density at radius 2 is 1.97 bits per heavy atom. The van der Waals surface area contributed by atoms with Gasteiger partial charge in [0.05, 0.1) is 6.04 Å². The molecule has 1 saturated carbocycles. The molecule has 1 aliphatic heterocycles. The first-order chi connectivity index (χ1) is 17.5. The number of carbonyl (C=O) groups excluding carboxylic acids is 2. The number of benzene rings is 2. The summed E-state index contributed by atoms with van der Waals surface area (Å²) < 4.78 is 19.6. The van der Waals surface area contributed by atoms with Crippen LogP contribution in [0, 0.1) is 18.7 Å². The lowest BCUT2D eigenvalue weighted by Crippen LogP contribution is -2.49. The van der Waals surface area contributed by atoms with Crippen molar-refractivity contribution in [2.45, 2.75) is 32.2 Å². The molecule has 5 rings (SSSR count). The molecule has 1 atom stereocenters. The Bertz CT molecular complexity index is 1220. The minimum Gasteiger partial charge on any atom is -0.491 e. The minimum absolute atomic E-state index is 0.00410. The van der Waals surface area contributed by atoms with E-state index < -0.39 is 0 Å². The monoisotopic (exact) mass is 507 g/mol. The zero-order chi connectivity index (χ0) is 25.1. The number of ether oxygens (including phenoxy) is 1. The third-order valence-corrected chi connectivity index (χ3v) is 7.71. The molecule has 1 aromatic heterocycles. The smallest absolute Gasteiger partial charge is 0.322 e. The third-order valence-electron chi connectivity index (χ3n) is 6.71. The lowest BCUT2D eigenvalue weighted by atomic mass is 10.0. The van der Waals surface area contributed by atoms with Gasteiger partial charge in [0.1, 0.15) is 24.7 Å². The number of hydrogen-bond acceptors (Lipinski definition) is 4. The molecule has 2 aliphatic rings. The largest absolute Gasteiger partial charge is 0.491 e. The molecule has 8 heteroatoms. The van der Waals surface area contributed by atoms with E-state index in [1.165, 1.54) is 17.0 Å². The first-order valence-electron chi connectivity index (χ1n) is 12.3. The van der Waals surface area contributed by atoms with Crippen LogP contribution in [0.15, 0.2) is 60.0 Å². The summed E-state index contributed by atoms with van der Waals surface area (Å²) in [6, 6.07) is 15.1. The summed E-state index contributed by atoms with van der Waals surface area (Å²) in [5, 5.41) is 4.97. The minimum atomic E-state index is -0.365. The molecule has 0 unspecified atom stereocenters. The van der Waals surface area contributed by atoms with E-state index >= 15 is 0 Å². The predicted molar refractivity (Wildman–Crippen MR) is 139 cm³/mol. The number of anilines is 1. The number of hydrogen-bond donors (Lipinski definition) is 1. The van der Waals surface area contributed by atoms with Crippen LogP contribution in [0.25, 0.3) is 0 Å². The number of carbonyl (C=O) groups is 2. The third kappa shape index (κ3) is 5.87. The van der Waals surface area contributed by atoms with Gasteiger partial charge in [-0.15, -0.1) is 11.3 Å². The average molecular weight is 508 g/mol. The van der Waals surface area contributed by atoms with Crippen LogP contribution in [0.2, 0.25) is 0 Å². The molecule has 2 heterocycles. The SMILES string of the molecule is Cc1ccc(NC(=O)N(CC(=O)N2CCc3sccc3[C@@H]2COc2cccc(F)c2)CC2CC2)cc1. The topological polar surface area (TPSA) is 61.9 Å². The Hall–Kier alpha value is -3.39. The number of nitrogens with one attached hydrogen (secondary N) is 1. The maximum absolute atomic E-state index is 13.6. The molecule has 0 spiro atoms. The van der Waals surface area contributed by atoms with Crippen LogP contribution in [-0.4, -0.2) is 48.0 Å². The van der Waals surface area contributed by atoms with Crippen LogP contribution in [0.3, 0.4) is 0 Å². The number of thiophene rings is 1. The van der Waals surface area contributed by atoms with E-state index in [0.29, 0.717) is 30.4 Å². The lowest BCUT2D eigenvalue weighted by molar-refractivity contribution is -0.135.